The molecule has 0 aromatic heterocycles. The fourth-order valence-electron chi connectivity index (χ4n) is 2.26. The Morgan fingerprint density at radius 3 is 2.69 bits per heavy atom. The number of carbonyl (C=O) groups excluding carboxylic acids is 1. The molecule has 3 nitrogen and oxygen atoms in total. The maximum Gasteiger partial charge on any atom is 0.131 e. The van der Waals surface area contributed by atoms with Crippen molar-refractivity contribution in [2.45, 2.75) is 58.6 Å². The van der Waals surface area contributed by atoms with Crippen LogP contribution in [0.3, 0.4) is 0 Å². The Labute approximate surface area is 98.8 Å². The van der Waals surface area contributed by atoms with Gasteiger partial charge in [-0.05, 0) is 39.2 Å². The second kappa shape index (κ2) is 5.28. The maximum absolute atomic E-state index is 11.2. The molecule has 2 unspecified atom stereocenters. The van der Waals surface area contributed by atoms with Crippen molar-refractivity contribution >= 4 is 5.78 Å². The van der Waals surface area contributed by atoms with Gasteiger partial charge >= 0.3 is 0 Å². The van der Waals surface area contributed by atoms with E-state index in [-0.39, 0.29) is 11.7 Å². The van der Waals surface area contributed by atoms with Gasteiger partial charge in [-0.25, -0.2) is 0 Å². The van der Waals surface area contributed by atoms with Gasteiger partial charge < -0.3 is 5.11 Å². The molecule has 3 heteroatoms. The Morgan fingerprint density at radius 2 is 2.19 bits per heavy atom. The summed E-state index contributed by atoms with van der Waals surface area (Å²) < 4.78 is 0. The van der Waals surface area contributed by atoms with Crippen LogP contribution in [0, 0.1) is 5.92 Å². The molecule has 1 rings (SSSR count). The van der Waals surface area contributed by atoms with Crippen LogP contribution in [-0.4, -0.2) is 40.5 Å². The van der Waals surface area contributed by atoms with Crippen LogP contribution >= 0.6 is 0 Å². The molecule has 0 aromatic carbocycles. The molecule has 1 N–H and O–H groups in total. The Kier molecular flexibility index (Phi) is 4.51. The molecule has 1 fully saturated rings. The van der Waals surface area contributed by atoms with E-state index in [1.54, 1.807) is 6.92 Å². The molecule has 1 saturated heterocycles. The number of hydrogen-bond donors (Lipinski definition) is 1. The van der Waals surface area contributed by atoms with Crippen LogP contribution in [0.4, 0.5) is 0 Å². The van der Waals surface area contributed by atoms with Gasteiger partial charge in [-0.1, -0.05) is 13.8 Å². The first-order valence-corrected chi connectivity index (χ1v) is 6.29. The molecular formula is C13H25NO2. The van der Waals surface area contributed by atoms with Crippen LogP contribution in [0.2, 0.25) is 0 Å². The summed E-state index contributed by atoms with van der Waals surface area (Å²) in [5, 5.41) is 10.3. The van der Waals surface area contributed by atoms with E-state index < -0.39 is 5.60 Å². The Balaban J connectivity index is 2.55. The van der Waals surface area contributed by atoms with Crippen LogP contribution in [0.1, 0.15) is 47.0 Å². The zero-order chi connectivity index (χ0) is 12.3. The third kappa shape index (κ3) is 3.56. The van der Waals surface area contributed by atoms with Crippen LogP contribution in [0.5, 0.6) is 0 Å². The zero-order valence-corrected chi connectivity index (χ0v) is 11.0. The summed E-state index contributed by atoms with van der Waals surface area (Å²) in [5.74, 6) is 0.493. The molecule has 0 saturated carbocycles. The monoisotopic (exact) mass is 227 g/mol. The quantitative estimate of drug-likeness (QED) is 0.779. The van der Waals surface area contributed by atoms with Crippen molar-refractivity contribution in [2.75, 3.05) is 13.1 Å². The Hall–Kier alpha value is -0.410. The van der Waals surface area contributed by atoms with Gasteiger partial charge in [-0.2, -0.15) is 0 Å². The number of ketones is 1. The van der Waals surface area contributed by atoms with E-state index in [4.69, 9.17) is 0 Å². The van der Waals surface area contributed by atoms with E-state index in [0.717, 1.165) is 19.4 Å². The fourth-order valence-corrected chi connectivity index (χ4v) is 2.26. The molecular weight excluding hydrogens is 202 g/mol. The standard InChI is InChI=1S/C13H25NO2/c1-10(2)13(4,16)9-14-7-5-6-12(14)8-11(3)15/h10,12,16H,5-9H2,1-4H3. The van der Waals surface area contributed by atoms with Crippen molar-refractivity contribution in [1.82, 2.24) is 4.90 Å². The minimum atomic E-state index is -0.653. The largest absolute Gasteiger partial charge is 0.389 e. The van der Waals surface area contributed by atoms with Crippen molar-refractivity contribution in [3.63, 3.8) is 0 Å². The highest BCUT2D eigenvalue weighted by molar-refractivity contribution is 5.76. The fraction of sp³-hybridized carbons (Fsp3) is 0.923. The topological polar surface area (TPSA) is 40.5 Å². The molecule has 2 atom stereocenters. The van der Waals surface area contributed by atoms with E-state index >= 15 is 0 Å². The molecule has 1 heterocycles. The Morgan fingerprint density at radius 1 is 1.56 bits per heavy atom. The van der Waals surface area contributed by atoms with E-state index in [1.165, 1.54) is 0 Å². The summed E-state index contributed by atoms with van der Waals surface area (Å²) in [6.45, 7) is 9.31. The maximum atomic E-state index is 11.2. The molecule has 0 aliphatic carbocycles. The molecule has 0 radical (unpaired) electrons. The number of β-amino-alcohol motifs (C(OH)–C–C–N with tert-alkyl or cyclic N) is 1. The number of likely N-dealkylation sites (tertiary alicyclic amines) is 1. The van der Waals surface area contributed by atoms with Crippen LogP contribution in [-0.2, 0) is 4.79 Å². The van der Waals surface area contributed by atoms with E-state index in [9.17, 15) is 9.90 Å². The van der Waals surface area contributed by atoms with E-state index in [2.05, 4.69) is 4.90 Å². The van der Waals surface area contributed by atoms with E-state index in [0.29, 0.717) is 19.0 Å². The van der Waals surface area contributed by atoms with Gasteiger partial charge in [0, 0.05) is 19.0 Å². The average Bonchev–Trinajstić information content (AvgIpc) is 2.50. The van der Waals surface area contributed by atoms with Crippen LogP contribution in [0.25, 0.3) is 0 Å². The van der Waals surface area contributed by atoms with Gasteiger partial charge in [-0.3, -0.25) is 9.69 Å². The number of carbonyl (C=O) groups is 1. The SMILES string of the molecule is CC(=O)CC1CCCN1CC(C)(O)C(C)C. The first-order chi connectivity index (χ1) is 7.33. The summed E-state index contributed by atoms with van der Waals surface area (Å²) in [7, 11) is 0. The molecule has 0 bridgehead atoms. The lowest BCUT2D eigenvalue weighted by atomic mass is 9.91. The number of rotatable bonds is 5. The van der Waals surface area contributed by atoms with Crippen molar-refractivity contribution < 1.29 is 9.90 Å². The number of hydrogen-bond acceptors (Lipinski definition) is 3. The van der Waals surface area contributed by atoms with Gasteiger partial charge in [0.05, 0.1) is 5.60 Å². The van der Waals surface area contributed by atoms with Crippen molar-refractivity contribution in [3.8, 4) is 0 Å². The Bertz CT molecular complexity index is 248. The van der Waals surface area contributed by atoms with Gasteiger partial charge in [0.15, 0.2) is 0 Å². The zero-order valence-electron chi connectivity index (χ0n) is 11.0. The first-order valence-electron chi connectivity index (χ1n) is 6.29. The first kappa shape index (κ1) is 13.7. The molecule has 0 amide bonds. The summed E-state index contributed by atoms with van der Waals surface area (Å²) in [5.41, 5.74) is -0.653. The number of aliphatic hydroxyl groups is 1. The number of Topliss-reactive ketones (excluding diaryl/α,β-unsaturated/α-hetero) is 1. The predicted octanol–water partition coefficient (Wildman–Crippen LogP) is 1.84. The molecule has 0 aromatic rings. The average molecular weight is 227 g/mol. The summed E-state index contributed by atoms with van der Waals surface area (Å²) in [6, 6.07) is 0.350. The summed E-state index contributed by atoms with van der Waals surface area (Å²) in [4.78, 5) is 13.4. The lowest BCUT2D eigenvalue weighted by Gasteiger charge is -2.35. The van der Waals surface area contributed by atoms with Crippen molar-refractivity contribution in [2.24, 2.45) is 5.92 Å². The second-order valence-corrected chi connectivity index (χ2v) is 5.68. The number of nitrogens with zero attached hydrogens (tertiary/aromatic N) is 1. The van der Waals surface area contributed by atoms with Gasteiger partial charge in [0.1, 0.15) is 5.78 Å². The third-order valence-corrected chi connectivity index (χ3v) is 3.79. The van der Waals surface area contributed by atoms with Crippen LogP contribution in [0.15, 0.2) is 0 Å². The highest BCUT2D eigenvalue weighted by Gasteiger charge is 2.33. The van der Waals surface area contributed by atoms with Crippen molar-refractivity contribution in [1.29, 1.82) is 0 Å². The lowest BCUT2D eigenvalue weighted by Crippen LogP contribution is -2.46. The highest BCUT2D eigenvalue weighted by Crippen LogP contribution is 2.25. The molecule has 0 spiro atoms. The molecule has 16 heavy (non-hydrogen) atoms. The minimum Gasteiger partial charge on any atom is -0.389 e. The van der Waals surface area contributed by atoms with Gasteiger partial charge in [0.2, 0.25) is 0 Å². The van der Waals surface area contributed by atoms with Crippen LogP contribution < -0.4 is 0 Å². The van der Waals surface area contributed by atoms with E-state index in [1.807, 2.05) is 20.8 Å². The smallest absolute Gasteiger partial charge is 0.131 e. The van der Waals surface area contributed by atoms with Crippen molar-refractivity contribution in [3.05, 3.63) is 0 Å². The molecule has 1 aliphatic heterocycles. The summed E-state index contributed by atoms with van der Waals surface area (Å²) >= 11 is 0. The summed E-state index contributed by atoms with van der Waals surface area (Å²) in [6.07, 6.45) is 2.87. The third-order valence-electron chi connectivity index (χ3n) is 3.79. The predicted molar refractivity (Wildman–Crippen MR) is 65.4 cm³/mol. The lowest BCUT2D eigenvalue weighted by molar-refractivity contribution is -0.118. The minimum absolute atomic E-state index is 0.242. The highest BCUT2D eigenvalue weighted by atomic mass is 16.3. The normalized spacial score (nSPS) is 26.0. The van der Waals surface area contributed by atoms with Gasteiger partial charge in [0.25, 0.3) is 0 Å². The van der Waals surface area contributed by atoms with Gasteiger partial charge in [-0.15, -0.1) is 0 Å². The molecule has 94 valence electrons. The molecule has 1 aliphatic rings. The second-order valence-electron chi connectivity index (χ2n) is 5.68.